The Hall–Kier alpha value is -2.14. The molecule has 2 unspecified atom stereocenters. The molecule has 1 aliphatic carbocycles. The van der Waals surface area contributed by atoms with E-state index in [1.807, 2.05) is 25.2 Å². The summed E-state index contributed by atoms with van der Waals surface area (Å²) in [6.45, 7) is 4.45. The van der Waals surface area contributed by atoms with Crippen LogP contribution in [0, 0.1) is 5.92 Å². The maximum absolute atomic E-state index is 12.2. The van der Waals surface area contributed by atoms with Crippen LogP contribution in [-0.2, 0) is 9.47 Å². The van der Waals surface area contributed by atoms with Crippen molar-refractivity contribution < 1.29 is 18.7 Å². The van der Waals surface area contributed by atoms with Crippen LogP contribution >= 0.6 is 0 Å². The second kappa shape index (κ2) is 5.33. The third-order valence-electron chi connectivity index (χ3n) is 3.61. The first kappa shape index (κ1) is 13.8. The molecule has 5 nitrogen and oxygen atoms in total. The average molecular weight is 288 g/mol. The SMILES string of the molecule is CCOC(=O)c1cc(=O)c2c(o1)=C1C=CCOC1C(C)C=2. The molecule has 1 aromatic rings. The lowest BCUT2D eigenvalue weighted by atomic mass is 9.90. The molecule has 1 aliphatic heterocycles. The monoisotopic (exact) mass is 288 g/mol. The minimum atomic E-state index is -0.631. The summed E-state index contributed by atoms with van der Waals surface area (Å²) in [4.78, 5) is 24.0. The van der Waals surface area contributed by atoms with E-state index in [1.165, 1.54) is 6.07 Å². The standard InChI is InChI=1S/C16H16O5/c1-3-19-16(18)13-8-12(17)11-7-9(2)14-10(15(11)21-13)5-4-6-20-14/h4-5,7-9,14H,3,6H2,1-2H3. The zero-order valence-corrected chi connectivity index (χ0v) is 11.9. The van der Waals surface area contributed by atoms with Gasteiger partial charge in [0.2, 0.25) is 5.76 Å². The van der Waals surface area contributed by atoms with Crippen LogP contribution in [0.15, 0.2) is 27.4 Å². The lowest BCUT2D eigenvalue weighted by Crippen LogP contribution is -2.47. The van der Waals surface area contributed by atoms with Crippen molar-refractivity contribution in [1.29, 1.82) is 0 Å². The van der Waals surface area contributed by atoms with E-state index in [2.05, 4.69) is 0 Å². The molecule has 0 aromatic carbocycles. The fraction of sp³-hybridized carbons (Fsp3) is 0.375. The number of fused-ring (bicyclic) bond motifs is 2. The minimum Gasteiger partial charge on any atom is -0.460 e. The van der Waals surface area contributed by atoms with Gasteiger partial charge in [-0.2, -0.15) is 0 Å². The van der Waals surface area contributed by atoms with Gasteiger partial charge in [0.15, 0.2) is 5.43 Å². The van der Waals surface area contributed by atoms with Crippen LogP contribution in [0.2, 0.25) is 0 Å². The van der Waals surface area contributed by atoms with Crippen molar-refractivity contribution in [2.75, 3.05) is 13.2 Å². The summed E-state index contributed by atoms with van der Waals surface area (Å²) >= 11 is 0. The molecular weight excluding hydrogens is 272 g/mol. The highest BCUT2D eigenvalue weighted by Crippen LogP contribution is 2.23. The topological polar surface area (TPSA) is 65.7 Å². The van der Waals surface area contributed by atoms with Crippen molar-refractivity contribution in [1.82, 2.24) is 0 Å². The molecule has 0 saturated heterocycles. The molecule has 1 aromatic heterocycles. The largest absolute Gasteiger partial charge is 0.460 e. The molecule has 0 saturated carbocycles. The quantitative estimate of drug-likeness (QED) is 0.735. The van der Waals surface area contributed by atoms with Crippen LogP contribution in [-0.4, -0.2) is 25.3 Å². The van der Waals surface area contributed by atoms with E-state index < -0.39 is 5.97 Å². The van der Waals surface area contributed by atoms with E-state index in [1.54, 1.807) is 6.92 Å². The van der Waals surface area contributed by atoms with E-state index in [-0.39, 0.29) is 29.8 Å². The van der Waals surface area contributed by atoms with E-state index in [9.17, 15) is 9.59 Å². The molecular formula is C16H16O5. The molecule has 0 fully saturated rings. The molecule has 3 rings (SSSR count). The third-order valence-corrected chi connectivity index (χ3v) is 3.61. The Labute approximate surface area is 121 Å². The second-order valence-electron chi connectivity index (χ2n) is 5.08. The number of ether oxygens (including phenoxy) is 2. The van der Waals surface area contributed by atoms with Gasteiger partial charge in [0, 0.05) is 17.6 Å². The molecule has 0 amide bonds. The molecule has 2 heterocycles. The Morgan fingerprint density at radius 2 is 2.29 bits per heavy atom. The normalized spacial score (nSPS) is 23.0. The number of hydrogen-bond acceptors (Lipinski definition) is 5. The van der Waals surface area contributed by atoms with Gasteiger partial charge in [0.05, 0.1) is 24.5 Å². The fourth-order valence-electron chi connectivity index (χ4n) is 2.69. The molecule has 0 N–H and O–H groups in total. The first-order valence-electron chi connectivity index (χ1n) is 6.97. The number of esters is 1. The van der Waals surface area contributed by atoms with Crippen LogP contribution in [0.25, 0.3) is 11.6 Å². The second-order valence-corrected chi connectivity index (χ2v) is 5.08. The zero-order valence-electron chi connectivity index (χ0n) is 11.9. The lowest BCUT2D eigenvalue weighted by molar-refractivity contribution is 0.0482. The van der Waals surface area contributed by atoms with Crippen LogP contribution < -0.4 is 16.1 Å². The molecule has 0 spiro atoms. The average Bonchev–Trinajstić information content (AvgIpc) is 2.49. The summed E-state index contributed by atoms with van der Waals surface area (Å²) in [5, 5.41) is 0.483. The first-order valence-corrected chi connectivity index (χ1v) is 6.97. The van der Waals surface area contributed by atoms with Crippen LogP contribution in [0.4, 0.5) is 0 Å². The van der Waals surface area contributed by atoms with Gasteiger partial charge in [-0.3, -0.25) is 4.79 Å². The highest BCUT2D eigenvalue weighted by atomic mass is 16.5. The summed E-state index contributed by atoms with van der Waals surface area (Å²) < 4.78 is 16.2. The van der Waals surface area contributed by atoms with Gasteiger partial charge in [-0.15, -0.1) is 0 Å². The predicted octanol–water partition coefficient (Wildman–Crippen LogP) is 0.352. The summed E-state index contributed by atoms with van der Waals surface area (Å²) in [6, 6.07) is 1.19. The Kier molecular flexibility index (Phi) is 3.51. The highest BCUT2D eigenvalue weighted by molar-refractivity contribution is 5.86. The van der Waals surface area contributed by atoms with E-state index >= 15 is 0 Å². The summed E-state index contributed by atoms with van der Waals surface area (Å²) in [5.74, 6) is -0.628. The van der Waals surface area contributed by atoms with E-state index in [0.29, 0.717) is 17.2 Å². The van der Waals surface area contributed by atoms with Crippen molar-refractivity contribution in [2.45, 2.75) is 20.0 Å². The van der Waals surface area contributed by atoms with Gasteiger partial charge in [0.1, 0.15) is 5.42 Å². The van der Waals surface area contributed by atoms with Gasteiger partial charge in [0.25, 0.3) is 0 Å². The van der Waals surface area contributed by atoms with Crippen LogP contribution in [0.3, 0.4) is 0 Å². The lowest BCUT2D eigenvalue weighted by Gasteiger charge is -2.27. The fourth-order valence-corrected chi connectivity index (χ4v) is 2.69. The number of carbonyl (C=O) groups is 1. The molecule has 0 radical (unpaired) electrons. The molecule has 5 heteroatoms. The van der Waals surface area contributed by atoms with Crippen molar-refractivity contribution >= 4 is 17.6 Å². The van der Waals surface area contributed by atoms with Gasteiger partial charge in [-0.1, -0.05) is 25.2 Å². The molecule has 110 valence electrons. The third kappa shape index (κ3) is 2.34. The Balaban J connectivity index is 2.29. The maximum atomic E-state index is 12.2. The Bertz CT molecular complexity index is 784. The smallest absolute Gasteiger partial charge is 0.374 e. The minimum absolute atomic E-state index is 0.0752. The number of rotatable bonds is 2. The van der Waals surface area contributed by atoms with Gasteiger partial charge in [-0.25, -0.2) is 4.79 Å². The summed E-state index contributed by atoms with van der Waals surface area (Å²) in [6.07, 6.45) is 5.45. The Morgan fingerprint density at radius 3 is 3.05 bits per heavy atom. The van der Waals surface area contributed by atoms with Crippen LogP contribution in [0.5, 0.6) is 0 Å². The molecule has 21 heavy (non-hydrogen) atoms. The highest BCUT2D eigenvalue weighted by Gasteiger charge is 2.27. The van der Waals surface area contributed by atoms with Crippen molar-refractivity contribution in [3.63, 3.8) is 0 Å². The van der Waals surface area contributed by atoms with E-state index in [0.717, 1.165) is 5.57 Å². The first-order chi connectivity index (χ1) is 10.1. The van der Waals surface area contributed by atoms with Crippen molar-refractivity contribution in [3.05, 3.63) is 44.8 Å². The summed E-state index contributed by atoms with van der Waals surface area (Å²) in [7, 11) is 0. The van der Waals surface area contributed by atoms with Gasteiger partial charge < -0.3 is 13.9 Å². The Morgan fingerprint density at radius 1 is 1.48 bits per heavy atom. The van der Waals surface area contributed by atoms with E-state index in [4.69, 9.17) is 13.9 Å². The van der Waals surface area contributed by atoms with Gasteiger partial charge >= 0.3 is 5.97 Å². The molecule has 0 bridgehead atoms. The number of carbonyl (C=O) groups excluding carboxylic acids is 1. The predicted molar refractivity (Wildman–Crippen MR) is 76.1 cm³/mol. The molecule has 2 atom stereocenters. The van der Waals surface area contributed by atoms with Crippen molar-refractivity contribution in [2.24, 2.45) is 5.92 Å². The number of hydrogen-bond donors (Lipinski definition) is 0. The van der Waals surface area contributed by atoms with Crippen LogP contribution in [0.1, 0.15) is 24.4 Å². The molecule has 2 aliphatic rings. The maximum Gasteiger partial charge on any atom is 0.374 e. The van der Waals surface area contributed by atoms with Gasteiger partial charge in [-0.05, 0) is 6.92 Å². The zero-order chi connectivity index (χ0) is 15.0. The summed E-state index contributed by atoms with van der Waals surface area (Å²) in [5.41, 5.74) is 0.968. The van der Waals surface area contributed by atoms with Crippen molar-refractivity contribution in [3.8, 4) is 0 Å².